The van der Waals surface area contributed by atoms with Crippen LogP contribution in [0.25, 0.3) is 0 Å². The van der Waals surface area contributed by atoms with Gasteiger partial charge in [-0.25, -0.2) is 0 Å². The average molecular weight is 276 g/mol. The molecule has 0 aromatic carbocycles. The van der Waals surface area contributed by atoms with Crippen LogP contribution >= 0.6 is 0 Å². The predicted octanol–water partition coefficient (Wildman–Crippen LogP) is 3.55. The summed E-state index contributed by atoms with van der Waals surface area (Å²) >= 11 is 0. The van der Waals surface area contributed by atoms with Crippen molar-refractivity contribution < 1.29 is 0 Å². The molecule has 2 bridgehead atoms. The second kappa shape index (κ2) is 5.28. The van der Waals surface area contributed by atoms with E-state index in [2.05, 4.69) is 4.90 Å². The molecule has 0 aromatic heterocycles. The highest BCUT2D eigenvalue weighted by Gasteiger charge is 2.48. The lowest BCUT2D eigenvalue weighted by molar-refractivity contribution is 0.0768. The minimum absolute atomic E-state index is 0.401. The maximum absolute atomic E-state index is 6.86. The zero-order valence-electron chi connectivity index (χ0n) is 13.0. The Hall–Kier alpha value is -0.0800. The Morgan fingerprint density at radius 1 is 1.00 bits per heavy atom. The van der Waals surface area contributed by atoms with Gasteiger partial charge in [-0.3, -0.25) is 4.90 Å². The van der Waals surface area contributed by atoms with Crippen LogP contribution < -0.4 is 5.73 Å². The lowest BCUT2D eigenvalue weighted by Gasteiger charge is -2.45. The lowest BCUT2D eigenvalue weighted by atomic mass is 9.77. The van der Waals surface area contributed by atoms with Crippen molar-refractivity contribution in [1.29, 1.82) is 0 Å². The zero-order chi connectivity index (χ0) is 13.6. The molecular weight excluding hydrogens is 244 g/mol. The molecule has 0 radical (unpaired) electrons. The van der Waals surface area contributed by atoms with Gasteiger partial charge in [0.05, 0.1) is 0 Å². The van der Waals surface area contributed by atoms with Crippen LogP contribution in [0.15, 0.2) is 0 Å². The maximum Gasteiger partial charge on any atom is 0.0360 e. The van der Waals surface area contributed by atoms with Gasteiger partial charge in [0.15, 0.2) is 0 Å². The smallest absolute Gasteiger partial charge is 0.0360 e. The Balaban J connectivity index is 1.45. The molecule has 3 saturated carbocycles. The number of fused-ring (bicyclic) bond motifs is 2. The van der Waals surface area contributed by atoms with Crippen LogP contribution in [-0.2, 0) is 0 Å². The molecule has 1 aliphatic heterocycles. The highest BCUT2D eigenvalue weighted by molar-refractivity contribution is 5.05. The van der Waals surface area contributed by atoms with Gasteiger partial charge in [0.25, 0.3) is 0 Å². The zero-order valence-corrected chi connectivity index (χ0v) is 13.0. The number of rotatable bonds is 4. The first kappa shape index (κ1) is 13.6. The van der Waals surface area contributed by atoms with Gasteiger partial charge in [0, 0.05) is 11.6 Å². The number of hydrogen-bond acceptors (Lipinski definition) is 2. The second-order valence-electron chi connectivity index (χ2n) is 8.28. The van der Waals surface area contributed by atoms with E-state index in [1.807, 2.05) is 0 Å². The van der Waals surface area contributed by atoms with Crippen LogP contribution in [0.5, 0.6) is 0 Å². The molecule has 1 saturated heterocycles. The summed E-state index contributed by atoms with van der Waals surface area (Å²) in [5.74, 6) is 3.09. The van der Waals surface area contributed by atoms with Gasteiger partial charge in [0.1, 0.15) is 0 Å². The molecule has 4 unspecified atom stereocenters. The molecule has 20 heavy (non-hydrogen) atoms. The fraction of sp³-hybridized carbons (Fsp3) is 1.00. The summed E-state index contributed by atoms with van der Waals surface area (Å²) in [4.78, 5) is 2.80. The summed E-state index contributed by atoms with van der Waals surface area (Å²) in [6, 6.07) is 0.451. The van der Waals surface area contributed by atoms with Gasteiger partial charge in [-0.1, -0.05) is 19.3 Å². The predicted molar refractivity (Wildman–Crippen MR) is 83.5 cm³/mol. The van der Waals surface area contributed by atoms with Gasteiger partial charge in [0.2, 0.25) is 0 Å². The third-order valence-electron chi connectivity index (χ3n) is 7.34. The number of nitrogens with zero attached hydrogens (tertiary/aromatic N) is 1. The minimum Gasteiger partial charge on any atom is -0.326 e. The first-order valence-electron chi connectivity index (χ1n) is 9.28. The van der Waals surface area contributed by atoms with E-state index in [1.165, 1.54) is 83.7 Å². The summed E-state index contributed by atoms with van der Waals surface area (Å²) < 4.78 is 0. The Bertz CT molecular complexity index is 341. The molecule has 3 aliphatic carbocycles. The van der Waals surface area contributed by atoms with Crippen LogP contribution in [-0.4, -0.2) is 29.6 Å². The summed E-state index contributed by atoms with van der Waals surface area (Å²) in [7, 11) is 0. The van der Waals surface area contributed by atoms with E-state index in [1.54, 1.807) is 0 Å². The highest BCUT2D eigenvalue weighted by atomic mass is 15.2. The van der Waals surface area contributed by atoms with Gasteiger partial charge in [-0.2, -0.15) is 0 Å². The van der Waals surface area contributed by atoms with Crippen molar-refractivity contribution in [1.82, 2.24) is 4.90 Å². The largest absolute Gasteiger partial charge is 0.326 e. The first-order valence-corrected chi connectivity index (χ1v) is 9.28. The summed E-state index contributed by atoms with van der Waals surface area (Å²) in [6.07, 6.45) is 15.8. The van der Waals surface area contributed by atoms with E-state index >= 15 is 0 Å². The van der Waals surface area contributed by atoms with Crippen molar-refractivity contribution in [3.8, 4) is 0 Å². The Morgan fingerprint density at radius 2 is 1.75 bits per heavy atom. The molecule has 2 N–H and O–H groups in total. The summed E-state index contributed by atoms with van der Waals surface area (Å²) in [6.45, 7) is 2.65. The van der Waals surface area contributed by atoms with E-state index < -0.39 is 0 Å². The van der Waals surface area contributed by atoms with E-state index in [4.69, 9.17) is 5.73 Å². The molecule has 4 atom stereocenters. The number of hydrogen-bond donors (Lipinski definition) is 1. The van der Waals surface area contributed by atoms with E-state index in [0.717, 1.165) is 17.8 Å². The maximum atomic E-state index is 6.86. The summed E-state index contributed by atoms with van der Waals surface area (Å²) in [5, 5.41) is 0. The van der Waals surface area contributed by atoms with Crippen LogP contribution in [0, 0.1) is 17.8 Å². The first-order chi connectivity index (χ1) is 9.78. The third-order valence-corrected chi connectivity index (χ3v) is 7.34. The Morgan fingerprint density at radius 3 is 2.35 bits per heavy atom. The van der Waals surface area contributed by atoms with Crippen molar-refractivity contribution in [2.75, 3.05) is 13.1 Å². The van der Waals surface area contributed by atoms with Crippen LogP contribution in [0.2, 0.25) is 0 Å². The van der Waals surface area contributed by atoms with E-state index in [-0.39, 0.29) is 0 Å². The second-order valence-corrected chi connectivity index (χ2v) is 8.28. The minimum atomic E-state index is 0.401. The lowest BCUT2D eigenvalue weighted by Crippen LogP contribution is -2.58. The molecule has 4 fully saturated rings. The Labute approximate surface area is 124 Å². The molecule has 4 aliphatic rings. The van der Waals surface area contributed by atoms with Crippen LogP contribution in [0.3, 0.4) is 0 Å². The standard InChI is InChI=1S/C18H32N2/c19-17(13-16-12-14-5-6-15(16)11-14)18(7-1-2-8-18)20-9-3-4-10-20/h14-17H,1-13,19H2. The van der Waals surface area contributed by atoms with Gasteiger partial charge < -0.3 is 5.73 Å². The fourth-order valence-electron chi connectivity index (χ4n) is 6.28. The van der Waals surface area contributed by atoms with Crippen molar-refractivity contribution >= 4 is 0 Å². The molecule has 114 valence electrons. The molecule has 2 nitrogen and oxygen atoms in total. The molecular formula is C18H32N2. The van der Waals surface area contributed by atoms with E-state index in [9.17, 15) is 0 Å². The molecule has 0 spiro atoms. The number of nitrogens with two attached hydrogens (primary N) is 1. The molecule has 0 amide bonds. The van der Waals surface area contributed by atoms with Crippen molar-refractivity contribution in [3.63, 3.8) is 0 Å². The Kier molecular flexibility index (Phi) is 3.58. The highest BCUT2D eigenvalue weighted by Crippen LogP contribution is 2.51. The SMILES string of the molecule is NC(CC1CC2CCC1C2)C1(N2CCCC2)CCCC1. The topological polar surface area (TPSA) is 29.3 Å². The van der Waals surface area contributed by atoms with Crippen molar-refractivity contribution in [2.24, 2.45) is 23.5 Å². The van der Waals surface area contributed by atoms with Crippen molar-refractivity contribution in [2.45, 2.75) is 82.2 Å². The fourth-order valence-corrected chi connectivity index (χ4v) is 6.28. The monoisotopic (exact) mass is 276 g/mol. The summed E-state index contributed by atoms with van der Waals surface area (Å²) in [5.41, 5.74) is 7.26. The number of likely N-dealkylation sites (tertiary alicyclic amines) is 1. The van der Waals surface area contributed by atoms with Gasteiger partial charge in [-0.05, 0) is 82.2 Å². The molecule has 2 heteroatoms. The van der Waals surface area contributed by atoms with Gasteiger partial charge >= 0.3 is 0 Å². The van der Waals surface area contributed by atoms with E-state index in [0.29, 0.717) is 11.6 Å². The normalized spacial score (nSPS) is 41.5. The molecule has 0 aromatic rings. The average Bonchev–Trinajstić information content (AvgIpc) is 3.22. The van der Waals surface area contributed by atoms with Gasteiger partial charge in [-0.15, -0.1) is 0 Å². The molecule has 4 rings (SSSR count). The quantitative estimate of drug-likeness (QED) is 0.851. The van der Waals surface area contributed by atoms with Crippen LogP contribution in [0.4, 0.5) is 0 Å². The van der Waals surface area contributed by atoms with Crippen molar-refractivity contribution in [3.05, 3.63) is 0 Å². The van der Waals surface area contributed by atoms with Crippen LogP contribution in [0.1, 0.15) is 70.6 Å². The third kappa shape index (κ3) is 2.14. The molecule has 1 heterocycles.